The molecule has 0 N–H and O–H groups in total. The number of hydrogen-bond acceptors (Lipinski definition) is 4. The summed E-state index contributed by atoms with van der Waals surface area (Å²) in [6.07, 6.45) is 0. The maximum absolute atomic E-state index is 15.6. The van der Waals surface area contributed by atoms with Crippen LogP contribution in [0, 0.1) is 45.9 Å². The summed E-state index contributed by atoms with van der Waals surface area (Å²) in [5, 5.41) is 23.9. The number of benzene rings is 8. The van der Waals surface area contributed by atoms with E-state index in [0.29, 0.717) is 33.9 Å². The molecule has 0 spiro atoms. The molecule has 8 heteroatoms. The van der Waals surface area contributed by atoms with Crippen molar-refractivity contribution in [1.82, 2.24) is 0 Å². The molecule has 0 aromatic heterocycles. The van der Waals surface area contributed by atoms with Crippen molar-refractivity contribution >= 4 is 66.4 Å². The van der Waals surface area contributed by atoms with Gasteiger partial charge in [0.25, 0.3) is 0 Å². The van der Waals surface area contributed by atoms with Crippen LogP contribution in [-0.4, -0.2) is 0 Å². The average molecular weight is 659 g/mol. The fraction of sp³-hybridized carbons (Fsp3) is 0. The molecule has 50 heavy (non-hydrogen) atoms. The first-order valence-electron chi connectivity index (χ1n) is 15.6. The highest BCUT2D eigenvalue weighted by atomic mass is 19.1. The first kappa shape index (κ1) is 30.4. The van der Waals surface area contributed by atoms with E-state index in [0.717, 1.165) is 44.5 Å². The molecule has 0 aliphatic carbocycles. The normalized spacial score (nSPS) is 11.2. The van der Waals surface area contributed by atoms with Gasteiger partial charge in [-0.1, -0.05) is 36.4 Å². The van der Waals surface area contributed by atoms with E-state index in [1.807, 2.05) is 48.5 Å². The van der Waals surface area contributed by atoms with Crippen LogP contribution in [0.3, 0.4) is 0 Å². The highest BCUT2D eigenvalue weighted by molar-refractivity contribution is 6.28. The maximum atomic E-state index is 15.6. The largest absolute Gasteiger partial charge is 0.307 e. The third-order valence-electron chi connectivity index (χ3n) is 8.91. The molecule has 8 aromatic carbocycles. The van der Waals surface area contributed by atoms with E-state index in [1.54, 1.807) is 58.3 Å². The monoisotopic (exact) mass is 658 g/mol. The molecule has 0 aliphatic rings. The molecule has 8 aromatic rings. The van der Waals surface area contributed by atoms with Crippen molar-refractivity contribution in [1.29, 1.82) is 10.5 Å². The Morgan fingerprint density at radius 3 is 1.12 bits per heavy atom. The molecule has 0 unspecified atom stereocenters. The van der Waals surface area contributed by atoms with Gasteiger partial charge in [0.2, 0.25) is 0 Å². The minimum absolute atomic E-state index is 0.116. The predicted octanol–water partition coefficient (Wildman–Crippen LogP) is 11.8. The predicted molar refractivity (Wildman–Crippen MR) is 189 cm³/mol. The topological polar surface area (TPSA) is 54.1 Å². The lowest BCUT2D eigenvalue weighted by molar-refractivity contribution is 0.583. The van der Waals surface area contributed by atoms with Crippen LogP contribution in [0.2, 0.25) is 0 Å². The average Bonchev–Trinajstić information content (AvgIpc) is 3.14. The molecule has 8 rings (SSSR count). The van der Waals surface area contributed by atoms with Gasteiger partial charge in [-0.25, -0.2) is 17.6 Å². The van der Waals surface area contributed by atoms with E-state index < -0.39 is 23.3 Å². The van der Waals surface area contributed by atoms with Crippen molar-refractivity contribution in [2.75, 3.05) is 9.80 Å². The first-order chi connectivity index (χ1) is 24.3. The van der Waals surface area contributed by atoms with Crippen molar-refractivity contribution in [3.8, 4) is 12.1 Å². The van der Waals surface area contributed by atoms with Gasteiger partial charge in [0, 0.05) is 34.3 Å². The Kier molecular flexibility index (Phi) is 7.28. The van der Waals surface area contributed by atoms with Crippen LogP contribution in [0.5, 0.6) is 0 Å². The van der Waals surface area contributed by atoms with Crippen LogP contribution in [0.25, 0.3) is 32.3 Å². The van der Waals surface area contributed by atoms with Gasteiger partial charge in [-0.15, -0.1) is 0 Å². The zero-order valence-corrected chi connectivity index (χ0v) is 26.0. The molecule has 0 fully saturated rings. The van der Waals surface area contributed by atoms with E-state index >= 15 is 8.78 Å². The summed E-state index contributed by atoms with van der Waals surface area (Å²) in [6.45, 7) is 0. The molecule has 0 atom stereocenters. The van der Waals surface area contributed by atoms with Crippen LogP contribution in [0.4, 0.5) is 51.7 Å². The lowest BCUT2D eigenvalue weighted by atomic mass is 9.91. The number of halogens is 4. The van der Waals surface area contributed by atoms with Gasteiger partial charge in [-0.05, 0) is 106 Å². The number of anilines is 6. The van der Waals surface area contributed by atoms with Crippen LogP contribution in [0.15, 0.2) is 133 Å². The fourth-order valence-corrected chi connectivity index (χ4v) is 6.67. The lowest BCUT2D eigenvalue weighted by Gasteiger charge is -2.29. The summed E-state index contributed by atoms with van der Waals surface area (Å²) in [6, 6.07) is 39.9. The molecular formula is C42H22F4N4. The standard InChI is InChI=1S/C42H22F4N4/c43-29-9-19-39(35(45)21-29)49(31-11-1-25(23-47)2-12-31)37-17-7-27-6-16-34-38(18-8-28-5-15-33(37)41(27)42(28)34)50(32-13-3-26(24-48)4-14-32)40-20-10-30(44)22-36(40)46/h1-22H. The molecule has 0 radical (unpaired) electrons. The van der Waals surface area contributed by atoms with Crippen molar-refractivity contribution in [3.63, 3.8) is 0 Å². The quantitative estimate of drug-likeness (QED) is 0.132. The summed E-state index contributed by atoms with van der Waals surface area (Å²) < 4.78 is 59.4. The lowest BCUT2D eigenvalue weighted by Crippen LogP contribution is -2.13. The summed E-state index contributed by atoms with van der Waals surface area (Å²) in [5.74, 6) is -2.94. The Morgan fingerprint density at radius 1 is 0.400 bits per heavy atom. The Hall–Kier alpha value is -6.90. The number of nitriles is 2. The van der Waals surface area contributed by atoms with E-state index in [4.69, 9.17) is 0 Å². The minimum Gasteiger partial charge on any atom is -0.307 e. The first-order valence-corrected chi connectivity index (χ1v) is 15.6. The maximum Gasteiger partial charge on any atom is 0.150 e. The number of hydrogen-bond donors (Lipinski definition) is 0. The summed E-state index contributed by atoms with van der Waals surface area (Å²) in [7, 11) is 0. The summed E-state index contributed by atoms with van der Waals surface area (Å²) in [4.78, 5) is 3.39. The molecule has 238 valence electrons. The van der Waals surface area contributed by atoms with Gasteiger partial charge in [-0.2, -0.15) is 10.5 Å². The highest BCUT2D eigenvalue weighted by Crippen LogP contribution is 2.48. The molecule has 0 saturated carbocycles. The number of rotatable bonds is 6. The van der Waals surface area contributed by atoms with E-state index in [1.165, 1.54) is 24.3 Å². The van der Waals surface area contributed by atoms with Gasteiger partial charge < -0.3 is 9.80 Å². The zero-order valence-electron chi connectivity index (χ0n) is 26.0. The second-order valence-electron chi connectivity index (χ2n) is 11.8. The zero-order chi connectivity index (χ0) is 34.5. The van der Waals surface area contributed by atoms with Crippen molar-refractivity contribution in [2.45, 2.75) is 0 Å². The Morgan fingerprint density at radius 2 is 0.760 bits per heavy atom. The van der Waals surface area contributed by atoms with Crippen molar-refractivity contribution in [3.05, 3.63) is 168 Å². The van der Waals surface area contributed by atoms with Crippen molar-refractivity contribution in [2.24, 2.45) is 0 Å². The van der Waals surface area contributed by atoms with Crippen LogP contribution in [0.1, 0.15) is 11.1 Å². The Labute approximate surface area is 283 Å². The fourth-order valence-electron chi connectivity index (χ4n) is 6.67. The van der Waals surface area contributed by atoms with Crippen LogP contribution in [-0.2, 0) is 0 Å². The highest BCUT2D eigenvalue weighted by Gasteiger charge is 2.24. The molecule has 0 aliphatic heterocycles. The third-order valence-corrected chi connectivity index (χ3v) is 8.91. The molecule has 0 heterocycles. The van der Waals surface area contributed by atoms with Crippen LogP contribution < -0.4 is 9.80 Å². The van der Waals surface area contributed by atoms with E-state index in [9.17, 15) is 19.3 Å². The van der Waals surface area contributed by atoms with Gasteiger partial charge >= 0.3 is 0 Å². The molecule has 0 saturated heterocycles. The minimum atomic E-state index is -0.762. The van der Waals surface area contributed by atoms with E-state index in [2.05, 4.69) is 12.1 Å². The smallest absolute Gasteiger partial charge is 0.150 e. The van der Waals surface area contributed by atoms with Crippen LogP contribution >= 0.6 is 0 Å². The third kappa shape index (κ3) is 4.99. The SMILES string of the molecule is N#Cc1ccc(N(c2ccc(F)cc2F)c2ccc3ccc4c(N(c5ccc(C#N)cc5)c5ccc(F)cc5F)ccc5ccc2c3c54)cc1. The summed E-state index contributed by atoms with van der Waals surface area (Å²) >= 11 is 0. The van der Waals surface area contributed by atoms with Crippen molar-refractivity contribution < 1.29 is 17.6 Å². The van der Waals surface area contributed by atoms with E-state index in [-0.39, 0.29) is 11.4 Å². The van der Waals surface area contributed by atoms with Gasteiger partial charge in [0.1, 0.15) is 23.3 Å². The second kappa shape index (κ2) is 12.0. The molecular weight excluding hydrogens is 636 g/mol. The molecule has 4 nitrogen and oxygen atoms in total. The molecule has 0 amide bonds. The summed E-state index contributed by atoms with van der Waals surface area (Å²) in [5.41, 5.74) is 3.44. The number of nitrogens with zero attached hydrogens (tertiary/aromatic N) is 4. The second-order valence-corrected chi connectivity index (χ2v) is 11.8. The van der Waals surface area contributed by atoms with Gasteiger partial charge in [-0.3, -0.25) is 0 Å². The van der Waals surface area contributed by atoms with Gasteiger partial charge in [0.15, 0.2) is 0 Å². The Bertz CT molecular complexity index is 2490. The van der Waals surface area contributed by atoms with Gasteiger partial charge in [0.05, 0.1) is 46.0 Å². The molecule has 0 bridgehead atoms. The Balaban J connectivity index is 1.41.